The minimum atomic E-state index is -4.52. The van der Waals surface area contributed by atoms with Crippen LogP contribution in [-0.2, 0) is 16.3 Å². The van der Waals surface area contributed by atoms with Crippen LogP contribution in [0, 0.1) is 12.3 Å². The molecule has 2 N–H and O–H groups in total. The molecule has 1 aromatic carbocycles. The van der Waals surface area contributed by atoms with Crippen LogP contribution in [0.15, 0.2) is 24.4 Å². The van der Waals surface area contributed by atoms with Gasteiger partial charge in [-0.2, -0.15) is 22.0 Å². The molecule has 0 atom stereocenters. The van der Waals surface area contributed by atoms with Crippen molar-refractivity contribution in [1.29, 1.82) is 0 Å². The van der Waals surface area contributed by atoms with E-state index >= 15 is 0 Å². The van der Waals surface area contributed by atoms with E-state index in [4.69, 9.17) is 0 Å². The Morgan fingerprint density at radius 1 is 1.26 bits per heavy atom. The number of aliphatic hydroxyl groups is 1. The summed E-state index contributed by atoms with van der Waals surface area (Å²) in [5, 5.41) is 12.8. The predicted molar refractivity (Wildman–Crippen MR) is 133 cm³/mol. The summed E-state index contributed by atoms with van der Waals surface area (Å²) in [7, 11) is -3.23. The lowest BCUT2D eigenvalue weighted by Gasteiger charge is -2.35. The van der Waals surface area contributed by atoms with Gasteiger partial charge in [0, 0.05) is 19.0 Å². The number of aryl methyl sites for hydroxylation is 1. The van der Waals surface area contributed by atoms with Crippen molar-refractivity contribution in [2.75, 3.05) is 12.8 Å². The van der Waals surface area contributed by atoms with Crippen molar-refractivity contribution in [3.05, 3.63) is 41.5 Å². The summed E-state index contributed by atoms with van der Waals surface area (Å²) in [6.07, 6.45) is -1.67. The number of rotatable bonds is 9. The summed E-state index contributed by atoms with van der Waals surface area (Å²) in [4.78, 5) is 16.9. The average molecular weight is 582 g/mol. The quantitative estimate of drug-likeness (QED) is 0.426. The zero-order chi connectivity index (χ0) is 29.4. The number of carbonyl (C=O) groups is 1. The molecule has 0 radical (unpaired) electrons. The summed E-state index contributed by atoms with van der Waals surface area (Å²) in [5.74, 6) is -0.824. The van der Waals surface area contributed by atoms with Crippen LogP contribution < -0.4 is 10.1 Å². The Hall–Kier alpha value is -2.74. The maximum absolute atomic E-state index is 13.3. The van der Waals surface area contributed by atoms with Crippen LogP contribution >= 0.6 is 0 Å². The van der Waals surface area contributed by atoms with Crippen molar-refractivity contribution in [1.82, 2.24) is 14.9 Å². The number of benzene rings is 1. The number of amides is 1. The number of hydrogen-bond acceptors (Lipinski definition) is 6. The lowest BCUT2D eigenvalue weighted by Crippen LogP contribution is -2.47. The molecule has 39 heavy (non-hydrogen) atoms. The number of aromatic nitrogens is 2. The molecule has 218 valence electrons. The van der Waals surface area contributed by atoms with Gasteiger partial charge in [-0.3, -0.25) is 9.36 Å². The molecule has 1 fully saturated rings. The molecular weight excluding hydrogens is 549 g/mol. The third-order valence-corrected chi connectivity index (χ3v) is 8.76. The van der Waals surface area contributed by atoms with Gasteiger partial charge in [-0.1, -0.05) is 19.9 Å². The number of carbonyl (C=O) groups excluding carboxylic acids is 1. The van der Waals surface area contributed by atoms with E-state index in [2.05, 4.69) is 15.0 Å². The fourth-order valence-electron chi connectivity index (χ4n) is 4.56. The van der Waals surface area contributed by atoms with Gasteiger partial charge in [-0.15, -0.1) is 0 Å². The Morgan fingerprint density at radius 3 is 2.41 bits per heavy atom. The lowest BCUT2D eigenvalue weighted by atomic mass is 9.84. The third kappa shape index (κ3) is 7.47. The average Bonchev–Trinajstić information content (AvgIpc) is 3.17. The molecule has 0 aliphatic heterocycles. The van der Waals surface area contributed by atoms with E-state index in [1.54, 1.807) is 0 Å². The summed E-state index contributed by atoms with van der Waals surface area (Å²) in [6.45, 7) is 0.127. The van der Waals surface area contributed by atoms with E-state index in [1.165, 1.54) is 29.8 Å². The number of nitrogens with one attached hydrogen (secondary N) is 1. The molecule has 0 unspecified atom stereocenters. The maximum atomic E-state index is 13.3. The third-order valence-electron chi connectivity index (χ3n) is 7.08. The Balaban J connectivity index is 1.78. The molecule has 1 heterocycles. The van der Waals surface area contributed by atoms with Crippen LogP contribution in [0.2, 0.25) is 0 Å². The normalized spacial score (nSPS) is 20.7. The molecule has 1 aliphatic rings. The van der Waals surface area contributed by atoms with Crippen LogP contribution in [0.3, 0.4) is 0 Å². The summed E-state index contributed by atoms with van der Waals surface area (Å²) in [6, 6.07) is 3.79. The second kappa shape index (κ2) is 11.0. The molecule has 8 nitrogen and oxygen atoms in total. The second-order valence-electron chi connectivity index (χ2n) is 10.7. The van der Waals surface area contributed by atoms with Gasteiger partial charge in [-0.05, 0) is 56.7 Å². The molecule has 1 aliphatic carbocycles. The fraction of sp³-hybridized carbons (Fsp3) is 0.600. The highest BCUT2D eigenvalue weighted by Crippen LogP contribution is 2.41. The standard InChI is InChI=1S/C25H32F5N3O5S/c1-15-32-18(21(34)31-14-24(35)9-7-17(8-10-24)39(4,36)37)13-33(15)19-6-5-16(11-20(19)38-22(26)27)12-23(2,3)25(28,29)30/h5-6,11,13,17,22,35H,7-10,12,14H2,1-4H3,(H,31,34)/t17-,24+. The monoisotopic (exact) mass is 581 g/mol. The molecule has 2 aromatic rings. The molecule has 3 rings (SSSR count). The first-order chi connectivity index (χ1) is 17.8. The molecule has 0 saturated heterocycles. The Labute approximate surface area is 223 Å². The largest absolute Gasteiger partial charge is 0.433 e. The summed E-state index contributed by atoms with van der Waals surface area (Å²) in [5.41, 5.74) is -3.31. The van der Waals surface area contributed by atoms with Gasteiger partial charge in [0.2, 0.25) is 0 Å². The zero-order valence-corrected chi connectivity index (χ0v) is 22.8. The zero-order valence-electron chi connectivity index (χ0n) is 22.0. The molecular formula is C25H32F5N3O5S. The van der Waals surface area contributed by atoms with E-state index < -0.39 is 51.2 Å². The van der Waals surface area contributed by atoms with Crippen molar-refractivity contribution >= 4 is 15.7 Å². The number of ether oxygens (including phenoxy) is 1. The van der Waals surface area contributed by atoms with Gasteiger partial charge in [0.05, 0.1) is 22.0 Å². The SMILES string of the molecule is Cc1nc(C(=O)NC[C@]2(O)CC[C@@H](S(C)(=O)=O)CC2)cn1-c1ccc(CC(C)(C)C(F)(F)F)cc1OC(F)F. The number of imidazole rings is 1. The minimum Gasteiger partial charge on any atom is -0.433 e. The van der Waals surface area contributed by atoms with E-state index in [0.29, 0.717) is 0 Å². The van der Waals surface area contributed by atoms with Gasteiger partial charge < -0.3 is 15.2 Å². The fourth-order valence-corrected chi connectivity index (χ4v) is 5.66. The predicted octanol–water partition coefficient (Wildman–Crippen LogP) is 4.36. The number of hydrogen-bond donors (Lipinski definition) is 2. The Morgan fingerprint density at radius 2 is 1.87 bits per heavy atom. The van der Waals surface area contributed by atoms with Gasteiger partial charge in [-0.25, -0.2) is 13.4 Å². The first-order valence-corrected chi connectivity index (χ1v) is 14.2. The molecule has 14 heteroatoms. The molecule has 1 aromatic heterocycles. The molecule has 0 bridgehead atoms. The highest BCUT2D eigenvalue weighted by Gasteiger charge is 2.47. The highest BCUT2D eigenvalue weighted by atomic mass is 32.2. The van der Waals surface area contributed by atoms with Gasteiger partial charge in [0.1, 0.15) is 27.1 Å². The number of halogens is 5. The van der Waals surface area contributed by atoms with Crippen molar-refractivity contribution in [3.63, 3.8) is 0 Å². The van der Waals surface area contributed by atoms with E-state index in [0.717, 1.165) is 26.2 Å². The number of nitrogens with zero attached hydrogens (tertiary/aromatic N) is 2. The van der Waals surface area contributed by atoms with Crippen LogP contribution in [-0.4, -0.2) is 65.4 Å². The van der Waals surface area contributed by atoms with Crippen LogP contribution in [0.25, 0.3) is 5.69 Å². The van der Waals surface area contributed by atoms with Crippen molar-refractivity contribution < 1.29 is 45.0 Å². The van der Waals surface area contributed by atoms with Crippen molar-refractivity contribution in [2.24, 2.45) is 5.41 Å². The molecule has 0 spiro atoms. The minimum absolute atomic E-state index is 0.0469. The Bertz CT molecular complexity index is 1300. The first-order valence-electron chi connectivity index (χ1n) is 12.2. The second-order valence-corrected chi connectivity index (χ2v) is 13.0. The van der Waals surface area contributed by atoms with Gasteiger partial charge in [0.25, 0.3) is 5.91 Å². The topological polar surface area (TPSA) is 111 Å². The van der Waals surface area contributed by atoms with E-state index in [-0.39, 0.29) is 60.7 Å². The van der Waals surface area contributed by atoms with E-state index in [1.807, 2.05) is 0 Å². The summed E-state index contributed by atoms with van der Waals surface area (Å²) >= 11 is 0. The highest BCUT2D eigenvalue weighted by molar-refractivity contribution is 7.91. The Kier molecular flexibility index (Phi) is 8.71. The van der Waals surface area contributed by atoms with Gasteiger partial charge >= 0.3 is 12.8 Å². The lowest BCUT2D eigenvalue weighted by molar-refractivity contribution is -0.211. The number of alkyl halides is 5. The smallest absolute Gasteiger partial charge is 0.394 e. The number of sulfone groups is 1. The molecule has 1 amide bonds. The van der Waals surface area contributed by atoms with Crippen molar-refractivity contribution in [3.8, 4) is 11.4 Å². The van der Waals surface area contributed by atoms with E-state index in [9.17, 15) is 40.3 Å². The van der Waals surface area contributed by atoms with Gasteiger partial charge in [0.15, 0.2) is 0 Å². The molecule has 1 saturated carbocycles. The summed E-state index contributed by atoms with van der Waals surface area (Å²) < 4.78 is 95.7. The van der Waals surface area contributed by atoms with Crippen LogP contribution in [0.4, 0.5) is 22.0 Å². The maximum Gasteiger partial charge on any atom is 0.394 e. The first kappa shape index (κ1) is 30.8. The van der Waals surface area contributed by atoms with Crippen LogP contribution in [0.5, 0.6) is 5.75 Å². The van der Waals surface area contributed by atoms with Crippen molar-refractivity contribution in [2.45, 2.75) is 76.5 Å². The van der Waals surface area contributed by atoms with Crippen LogP contribution in [0.1, 0.15) is 61.4 Å².